The molecule has 2 heterocycles. The van der Waals surface area contributed by atoms with Gasteiger partial charge in [0.05, 0.1) is 10.6 Å². The molecule has 1 atom stereocenters. The number of aromatic nitrogens is 2. The van der Waals surface area contributed by atoms with Gasteiger partial charge in [0.1, 0.15) is 4.83 Å². The van der Waals surface area contributed by atoms with Gasteiger partial charge < -0.3 is 10.1 Å². The fourth-order valence-electron chi connectivity index (χ4n) is 3.00. The Bertz CT molecular complexity index is 1080. The fourth-order valence-corrected chi connectivity index (χ4v) is 4.93. The quantitative estimate of drug-likeness (QED) is 0.222. The Balaban J connectivity index is 1.92. The van der Waals surface area contributed by atoms with Crippen LogP contribution in [0.25, 0.3) is 21.3 Å². The van der Waals surface area contributed by atoms with E-state index >= 15 is 0 Å². The number of fused-ring (bicyclic) bond motifs is 1. The van der Waals surface area contributed by atoms with E-state index in [2.05, 4.69) is 11.9 Å². The number of thioether (sulfide) groups is 1. The van der Waals surface area contributed by atoms with Gasteiger partial charge in [0, 0.05) is 37.7 Å². The van der Waals surface area contributed by atoms with Crippen molar-refractivity contribution < 1.29 is 9.53 Å². The van der Waals surface area contributed by atoms with E-state index in [0.29, 0.717) is 35.1 Å². The molecule has 1 N–H and O–H groups in total. The van der Waals surface area contributed by atoms with Gasteiger partial charge in [0.25, 0.3) is 5.56 Å². The number of methoxy groups -OCH3 is 1. The summed E-state index contributed by atoms with van der Waals surface area (Å²) in [5.74, 6) is -0.0910. The van der Waals surface area contributed by atoms with Crippen LogP contribution in [0.3, 0.4) is 0 Å². The Morgan fingerprint density at radius 2 is 2.17 bits per heavy atom. The van der Waals surface area contributed by atoms with Crippen LogP contribution in [0.4, 0.5) is 0 Å². The molecule has 0 aliphatic heterocycles. The predicted molar refractivity (Wildman–Crippen MR) is 124 cm³/mol. The summed E-state index contributed by atoms with van der Waals surface area (Å²) in [6.07, 6.45) is 2.42. The average Bonchev–Trinajstić information content (AvgIpc) is 3.18. The first-order chi connectivity index (χ1) is 14.6. The Kier molecular flexibility index (Phi) is 7.84. The number of carbonyl (C=O) groups is 1. The molecular weight excluding hydrogens is 418 g/mol. The van der Waals surface area contributed by atoms with Gasteiger partial charge in [0.15, 0.2) is 5.16 Å². The van der Waals surface area contributed by atoms with E-state index in [1.165, 1.54) is 23.1 Å². The third kappa shape index (κ3) is 5.00. The van der Waals surface area contributed by atoms with E-state index in [4.69, 9.17) is 9.72 Å². The van der Waals surface area contributed by atoms with Crippen LogP contribution in [-0.2, 0) is 16.1 Å². The molecule has 8 heteroatoms. The first-order valence-electron chi connectivity index (χ1n) is 9.68. The van der Waals surface area contributed by atoms with Crippen LogP contribution in [0.15, 0.2) is 58.3 Å². The number of thiophene rings is 1. The highest BCUT2D eigenvalue weighted by molar-refractivity contribution is 8.00. The standard InChI is InChI=1S/C22H25N3O3S2/c1-4-12-25-21(27)18-17(16-9-6-5-7-10-16)14-29-20(18)24-22(25)30-15(2)19(26)23-11-8-13-28-3/h4-7,9-10,14-15H,1,8,11-13H2,2-3H3,(H,23,26). The Morgan fingerprint density at radius 1 is 1.40 bits per heavy atom. The number of benzene rings is 1. The molecule has 3 rings (SSSR count). The molecule has 30 heavy (non-hydrogen) atoms. The van der Waals surface area contributed by atoms with Gasteiger partial charge in [0.2, 0.25) is 5.91 Å². The van der Waals surface area contributed by atoms with Gasteiger partial charge in [-0.3, -0.25) is 14.2 Å². The first kappa shape index (κ1) is 22.3. The van der Waals surface area contributed by atoms with Gasteiger partial charge in [-0.05, 0) is 18.9 Å². The Labute approximate surface area is 184 Å². The largest absolute Gasteiger partial charge is 0.385 e. The van der Waals surface area contributed by atoms with Crippen molar-refractivity contribution in [2.24, 2.45) is 0 Å². The summed E-state index contributed by atoms with van der Waals surface area (Å²) < 4.78 is 6.59. The molecule has 1 unspecified atom stereocenters. The van der Waals surface area contributed by atoms with Crippen LogP contribution in [-0.4, -0.2) is 41.0 Å². The van der Waals surface area contributed by atoms with Crippen molar-refractivity contribution in [2.75, 3.05) is 20.3 Å². The zero-order valence-electron chi connectivity index (χ0n) is 17.1. The number of rotatable bonds is 10. The van der Waals surface area contributed by atoms with Crippen molar-refractivity contribution in [1.82, 2.24) is 14.9 Å². The molecule has 0 saturated carbocycles. The molecule has 0 fully saturated rings. The predicted octanol–water partition coefficient (Wildman–Crippen LogP) is 3.94. The molecule has 0 saturated heterocycles. The lowest BCUT2D eigenvalue weighted by atomic mass is 10.1. The molecule has 0 aliphatic carbocycles. The molecule has 0 aliphatic rings. The Hall–Kier alpha value is -2.42. The highest BCUT2D eigenvalue weighted by Gasteiger charge is 2.21. The molecule has 6 nitrogen and oxygen atoms in total. The molecule has 158 valence electrons. The maximum Gasteiger partial charge on any atom is 0.263 e. The lowest BCUT2D eigenvalue weighted by Crippen LogP contribution is -2.33. The monoisotopic (exact) mass is 443 g/mol. The topological polar surface area (TPSA) is 73.2 Å². The normalized spacial score (nSPS) is 12.1. The minimum atomic E-state index is -0.387. The van der Waals surface area contributed by atoms with E-state index in [0.717, 1.165) is 17.5 Å². The van der Waals surface area contributed by atoms with Crippen molar-refractivity contribution >= 4 is 39.2 Å². The maximum atomic E-state index is 13.3. The lowest BCUT2D eigenvalue weighted by Gasteiger charge is -2.15. The second kappa shape index (κ2) is 10.6. The van der Waals surface area contributed by atoms with Gasteiger partial charge in [-0.1, -0.05) is 48.2 Å². The summed E-state index contributed by atoms with van der Waals surface area (Å²) in [6, 6.07) is 9.81. The molecule has 1 amide bonds. The van der Waals surface area contributed by atoms with E-state index in [-0.39, 0.29) is 16.7 Å². The third-order valence-electron chi connectivity index (χ3n) is 4.53. The minimum absolute atomic E-state index is 0.0910. The van der Waals surface area contributed by atoms with Crippen molar-refractivity contribution in [3.8, 4) is 11.1 Å². The minimum Gasteiger partial charge on any atom is -0.385 e. The van der Waals surface area contributed by atoms with E-state index in [1.54, 1.807) is 17.8 Å². The smallest absolute Gasteiger partial charge is 0.263 e. The summed E-state index contributed by atoms with van der Waals surface area (Å²) in [5, 5.41) is 5.60. The summed E-state index contributed by atoms with van der Waals surface area (Å²) >= 11 is 2.72. The van der Waals surface area contributed by atoms with E-state index in [9.17, 15) is 9.59 Å². The molecule has 3 aromatic rings. The second-order valence-corrected chi connectivity index (χ2v) is 8.86. The van der Waals surface area contributed by atoms with Gasteiger partial charge in [-0.15, -0.1) is 17.9 Å². The molecule has 0 spiro atoms. The molecule has 1 aromatic carbocycles. The summed E-state index contributed by atoms with van der Waals surface area (Å²) in [4.78, 5) is 31.2. The zero-order chi connectivity index (χ0) is 21.5. The van der Waals surface area contributed by atoms with Crippen molar-refractivity contribution in [1.29, 1.82) is 0 Å². The first-order valence-corrected chi connectivity index (χ1v) is 11.4. The van der Waals surface area contributed by atoms with Gasteiger partial charge in [-0.2, -0.15) is 0 Å². The fraction of sp³-hybridized carbons (Fsp3) is 0.318. The van der Waals surface area contributed by atoms with Crippen LogP contribution in [0.2, 0.25) is 0 Å². The van der Waals surface area contributed by atoms with Crippen molar-refractivity contribution in [3.63, 3.8) is 0 Å². The summed E-state index contributed by atoms with van der Waals surface area (Å²) in [5.41, 5.74) is 1.75. The number of amides is 1. The van der Waals surface area contributed by atoms with Crippen LogP contribution in [0.1, 0.15) is 13.3 Å². The maximum absolute atomic E-state index is 13.3. The molecular formula is C22H25N3O3S2. The number of carbonyl (C=O) groups excluding carboxylic acids is 1. The van der Waals surface area contributed by atoms with Crippen molar-refractivity contribution in [2.45, 2.75) is 30.3 Å². The van der Waals surface area contributed by atoms with E-state index < -0.39 is 0 Å². The second-order valence-electron chi connectivity index (χ2n) is 6.69. The van der Waals surface area contributed by atoms with Crippen LogP contribution in [0, 0.1) is 0 Å². The lowest BCUT2D eigenvalue weighted by molar-refractivity contribution is -0.120. The summed E-state index contributed by atoms with van der Waals surface area (Å²) in [7, 11) is 1.63. The Morgan fingerprint density at radius 3 is 2.87 bits per heavy atom. The molecule has 0 bridgehead atoms. The van der Waals surface area contributed by atoms with Gasteiger partial charge in [-0.25, -0.2) is 4.98 Å². The van der Waals surface area contributed by atoms with Crippen LogP contribution >= 0.6 is 23.1 Å². The number of nitrogens with one attached hydrogen (secondary N) is 1. The third-order valence-corrected chi connectivity index (χ3v) is 6.49. The average molecular weight is 444 g/mol. The van der Waals surface area contributed by atoms with Crippen molar-refractivity contribution in [3.05, 3.63) is 58.7 Å². The number of allylic oxidation sites excluding steroid dienone is 1. The zero-order valence-corrected chi connectivity index (χ0v) is 18.7. The number of nitrogens with zero attached hydrogens (tertiary/aromatic N) is 2. The SMILES string of the molecule is C=CCn1c(SC(C)C(=O)NCCCOC)nc2scc(-c3ccccc3)c2c1=O. The van der Waals surface area contributed by atoms with E-state index in [1.807, 2.05) is 42.6 Å². The molecule has 2 aromatic heterocycles. The number of ether oxygens (including phenoxy) is 1. The number of hydrogen-bond acceptors (Lipinski definition) is 6. The molecule has 0 radical (unpaired) electrons. The number of hydrogen-bond donors (Lipinski definition) is 1. The van der Waals surface area contributed by atoms with Gasteiger partial charge >= 0.3 is 0 Å². The highest BCUT2D eigenvalue weighted by Crippen LogP contribution is 2.32. The summed E-state index contributed by atoms with van der Waals surface area (Å²) in [6.45, 7) is 7.07. The van der Waals surface area contributed by atoms with Crippen LogP contribution in [0.5, 0.6) is 0 Å². The highest BCUT2D eigenvalue weighted by atomic mass is 32.2. The van der Waals surface area contributed by atoms with Crippen LogP contribution < -0.4 is 10.9 Å².